The van der Waals surface area contributed by atoms with E-state index in [1.54, 1.807) is 47.1 Å². The van der Waals surface area contributed by atoms with E-state index in [0.29, 0.717) is 22.7 Å². The third kappa shape index (κ3) is 3.68. The number of nitrogens with zero attached hydrogens (tertiary/aromatic N) is 5. The van der Waals surface area contributed by atoms with E-state index >= 15 is 0 Å². The van der Waals surface area contributed by atoms with Crippen molar-refractivity contribution < 1.29 is 18.0 Å². The van der Waals surface area contributed by atoms with E-state index in [0.717, 1.165) is 16.3 Å². The lowest BCUT2D eigenvalue weighted by molar-refractivity contribution is -0.143. The number of rotatable bonds is 3. The van der Waals surface area contributed by atoms with Crippen molar-refractivity contribution in [1.29, 1.82) is 0 Å². The van der Waals surface area contributed by atoms with Crippen molar-refractivity contribution in [3.8, 4) is 22.5 Å². The van der Waals surface area contributed by atoms with Gasteiger partial charge in [-0.1, -0.05) is 24.3 Å². The van der Waals surface area contributed by atoms with E-state index in [4.69, 9.17) is 0 Å². The van der Waals surface area contributed by atoms with Crippen LogP contribution in [0.4, 0.5) is 19.0 Å². The Morgan fingerprint density at radius 3 is 2.24 bits per heavy atom. The van der Waals surface area contributed by atoms with Gasteiger partial charge in [-0.3, -0.25) is 9.48 Å². The van der Waals surface area contributed by atoms with Gasteiger partial charge in [0.2, 0.25) is 5.91 Å². The Hall–Kier alpha value is -3.69. The number of hydrogen-bond donors (Lipinski definition) is 1. The number of amides is 1. The highest BCUT2D eigenvalue weighted by molar-refractivity contribution is 5.87. The van der Waals surface area contributed by atoms with E-state index in [-0.39, 0.29) is 11.6 Å². The molecule has 0 radical (unpaired) electrons. The lowest BCUT2D eigenvalue weighted by Gasteiger charge is -2.04. The number of alkyl halides is 3. The van der Waals surface area contributed by atoms with Crippen LogP contribution in [0.25, 0.3) is 28.2 Å². The maximum absolute atomic E-state index is 13.0. The van der Waals surface area contributed by atoms with Crippen LogP contribution in [0.1, 0.15) is 12.6 Å². The number of aromatic nitrogens is 5. The summed E-state index contributed by atoms with van der Waals surface area (Å²) in [6.45, 7) is 1.39. The molecule has 1 N–H and O–H groups in total. The molecule has 1 amide bonds. The van der Waals surface area contributed by atoms with Gasteiger partial charge in [-0.25, -0.2) is 9.50 Å². The largest absolute Gasteiger partial charge is 0.433 e. The number of fused-ring (bicyclic) bond motifs is 1. The Morgan fingerprint density at radius 1 is 1.00 bits per heavy atom. The van der Waals surface area contributed by atoms with Gasteiger partial charge in [0.25, 0.3) is 0 Å². The van der Waals surface area contributed by atoms with Crippen molar-refractivity contribution in [2.45, 2.75) is 13.1 Å². The first-order valence-corrected chi connectivity index (χ1v) is 8.57. The summed E-state index contributed by atoms with van der Waals surface area (Å²) in [6, 6.07) is 11.3. The van der Waals surface area contributed by atoms with E-state index in [9.17, 15) is 18.0 Å². The molecule has 0 saturated heterocycles. The maximum Gasteiger partial charge on any atom is 0.433 e. The molecule has 10 heteroatoms. The zero-order chi connectivity index (χ0) is 20.8. The molecule has 148 valence electrons. The van der Waals surface area contributed by atoms with Gasteiger partial charge in [0.15, 0.2) is 11.5 Å². The highest BCUT2D eigenvalue weighted by Gasteiger charge is 2.35. The van der Waals surface area contributed by atoms with Crippen LogP contribution in [-0.2, 0) is 18.0 Å². The predicted octanol–water partition coefficient (Wildman–Crippen LogP) is 3.77. The number of anilines is 1. The fourth-order valence-corrected chi connectivity index (χ4v) is 2.95. The molecule has 0 unspecified atom stereocenters. The second-order valence-corrected chi connectivity index (χ2v) is 6.44. The first kappa shape index (κ1) is 18.7. The van der Waals surface area contributed by atoms with Crippen molar-refractivity contribution in [2.24, 2.45) is 7.05 Å². The molecule has 0 fully saturated rings. The van der Waals surface area contributed by atoms with Crippen LogP contribution in [0.15, 0.2) is 48.7 Å². The monoisotopic (exact) mass is 400 g/mol. The van der Waals surface area contributed by atoms with E-state index in [2.05, 4.69) is 20.5 Å². The fraction of sp³-hybridized carbons (Fsp3) is 0.158. The van der Waals surface area contributed by atoms with Crippen molar-refractivity contribution in [3.63, 3.8) is 0 Å². The Bertz CT molecular complexity index is 1210. The lowest BCUT2D eigenvalue weighted by atomic mass is 10.1. The number of imidazole rings is 1. The summed E-state index contributed by atoms with van der Waals surface area (Å²) in [4.78, 5) is 15.6. The molecule has 4 aromatic rings. The minimum absolute atomic E-state index is 0.226. The molecule has 0 spiro atoms. The standard InChI is InChI=1S/C19H15F3N6O/c1-11(29)23-17-7-8-18-24-15(10-28(18)26-17)13-5-3-12(4-6-13)14-9-16(19(20,21)22)27(2)25-14/h3-10H,1-2H3,(H,23,26,29). The molecular weight excluding hydrogens is 385 g/mol. The van der Waals surface area contributed by atoms with E-state index in [1.807, 2.05) is 0 Å². The molecular formula is C19H15F3N6O. The van der Waals surface area contributed by atoms with Gasteiger partial charge in [-0.05, 0) is 18.2 Å². The number of carbonyl (C=O) groups is 1. The van der Waals surface area contributed by atoms with Crippen LogP contribution in [-0.4, -0.2) is 30.3 Å². The van der Waals surface area contributed by atoms with Crippen molar-refractivity contribution in [1.82, 2.24) is 24.4 Å². The average molecular weight is 400 g/mol. The molecule has 4 rings (SSSR count). The zero-order valence-electron chi connectivity index (χ0n) is 15.4. The highest BCUT2D eigenvalue weighted by Crippen LogP contribution is 2.32. The second-order valence-electron chi connectivity index (χ2n) is 6.44. The summed E-state index contributed by atoms with van der Waals surface area (Å²) in [7, 11) is 1.26. The first-order valence-electron chi connectivity index (χ1n) is 8.57. The zero-order valence-corrected chi connectivity index (χ0v) is 15.4. The first-order chi connectivity index (χ1) is 13.7. The molecule has 0 aliphatic carbocycles. The molecule has 0 saturated carbocycles. The van der Waals surface area contributed by atoms with Crippen molar-refractivity contribution in [2.75, 3.05) is 5.32 Å². The van der Waals surface area contributed by atoms with E-state index < -0.39 is 11.9 Å². The second kappa shape index (κ2) is 6.73. The third-order valence-corrected chi connectivity index (χ3v) is 4.27. The number of aryl methyl sites for hydroxylation is 1. The molecule has 0 aliphatic heterocycles. The Kier molecular flexibility index (Phi) is 4.33. The quantitative estimate of drug-likeness (QED) is 0.568. The van der Waals surface area contributed by atoms with Gasteiger partial charge in [-0.15, -0.1) is 5.10 Å². The summed E-state index contributed by atoms with van der Waals surface area (Å²) in [5, 5.41) is 10.8. The van der Waals surface area contributed by atoms with E-state index in [1.165, 1.54) is 14.0 Å². The fourth-order valence-electron chi connectivity index (χ4n) is 2.95. The number of hydrogen-bond acceptors (Lipinski definition) is 4. The van der Waals surface area contributed by atoms with Gasteiger partial charge in [-0.2, -0.15) is 18.3 Å². The van der Waals surface area contributed by atoms with Crippen LogP contribution < -0.4 is 5.32 Å². The Morgan fingerprint density at radius 2 is 1.66 bits per heavy atom. The summed E-state index contributed by atoms with van der Waals surface area (Å²) in [5.74, 6) is 0.177. The summed E-state index contributed by atoms with van der Waals surface area (Å²) in [5.41, 5.74) is 2.00. The molecule has 0 bridgehead atoms. The van der Waals surface area contributed by atoms with Crippen LogP contribution in [0, 0.1) is 0 Å². The Labute approximate surface area is 162 Å². The normalized spacial score (nSPS) is 11.8. The van der Waals surface area contributed by atoms with Gasteiger partial charge in [0.1, 0.15) is 5.69 Å². The molecule has 0 atom stereocenters. The topological polar surface area (TPSA) is 77.1 Å². The molecule has 1 aromatic carbocycles. The predicted molar refractivity (Wildman–Crippen MR) is 99.9 cm³/mol. The average Bonchev–Trinajstić information content (AvgIpc) is 3.24. The van der Waals surface area contributed by atoms with Gasteiger partial charge in [0.05, 0.1) is 17.6 Å². The van der Waals surface area contributed by atoms with Crippen LogP contribution in [0.2, 0.25) is 0 Å². The minimum atomic E-state index is -4.46. The minimum Gasteiger partial charge on any atom is -0.309 e. The summed E-state index contributed by atoms with van der Waals surface area (Å²) >= 11 is 0. The SMILES string of the molecule is CC(=O)Nc1ccc2nc(-c3ccc(-c4cc(C(F)(F)F)n(C)n4)cc3)cn2n1. The molecule has 0 aliphatic rings. The van der Waals surface area contributed by atoms with Crippen LogP contribution >= 0.6 is 0 Å². The molecule has 3 aromatic heterocycles. The Balaban J connectivity index is 1.63. The number of carbonyl (C=O) groups excluding carboxylic acids is 1. The summed E-state index contributed by atoms with van der Waals surface area (Å²) < 4.78 is 41.3. The number of nitrogens with one attached hydrogen (secondary N) is 1. The molecule has 3 heterocycles. The maximum atomic E-state index is 13.0. The lowest BCUT2D eigenvalue weighted by Crippen LogP contribution is -2.11. The molecule has 29 heavy (non-hydrogen) atoms. The van der Waals surface area contributed by atoms with Gasteiger partial charge < -0.3 is 5.32 Å². The van der Waals surface area contributed by atoms with Crippen molar-refractivity contribution in [3.05, 3.63) is 54.4 Å². The van der Waals surface area contributed by atoms with Gasteiger partial charge >= 0.3 is 6.18 Å². The summed E-state index contributed by atoms with van der Waals surface area (Å²) in [6.07, 6.45) is -2.75. The number of halogens is 3. The van der Waals surface area contributed by atoms with Crippen molar-refractivity contribution >= 4 is 17.4 Å². The molecule has 7 nitrogen and oxygen atoms in total. The highest BCUT2D eigenvalue weighted by atomic mass is 19.4. The third-order valence-electron chi connectivity index (χ3n) is 4.27. The smallest absolute Gasteiger partial charge is 0.309 e. The number of benzene rings is 1. The van der Waals surface area contributed by atoms with Crippen LogP contribution in [0.5, 0.6) is 0 Å². The van der Waals surface area contributed by atoms with Crippen LogP contribution in [0.3, 0.4) is 0 Å². The van der Waals surface area contributed by atoms with Gasteiger partial charge in [0, 0.05) is 25.1 Å².